The van der Waals surface area contributed by atoms with Crippen LogP contribution < -0.4 is 10.3 Å². The van der Waals surface area contributed by atoms with Crippen molar-refractivity contribution < 1.29 is 23.0 Å². The monoisotopic (exact) mass is 510 g/mol. The Morgan fingerprint density at radius 1 is 1.00 bits per heavy atom. The van der Waals surface area contributed by atoms with Gasteiger partial charge in [0.05, 0.1) is 17.4 Å². The summed E-state index contributed by atoms with van der Waals surface area (Å²) in [7, 11) is 0. The first kappa shape index (κ1) is 26.0. The molecule has 10 heteroatoms. The molecule has 0 unspecified atom stereocenters. The molecule has 4 aromatic rings. The van der Waals surface area contributed by atoms with Crippen LogP contribution in [-0.2, 0) is 12.2 Å². The van der Waals surface area contributed by atoms with Crippen LogP contribution in [0.5, 0.6) is 5.88 Å². The fraction of sp³-hybridized carbons (Fsp3) is 0.259. The van der Waals surface area contributed by atoms with E-state index >= 15 is 0 Å². The molecule has 2 aromatic heterocycles. The smallest absolute Gasteiger partial charge is 0.264 e. The zero-order valence-corrected chi connectivity index (χ0v) is 20.9. The first-order valence-corrected chi connectivity index (χ1v) is 11.4. The van der Waals surface area contributed by atoms with Crippen LogP contribution in [0.1, 0.15) is 42.2 Å². The lowest BCUT2D eigenvalue weighted by molar-refractivity contribution is 0.0686. The predicted octanol–water partition coefficient (Wildman–Crippen LogP) is 4.84. The second kappa shape index (κ2) is 9.78. The van der Waals surface area contributed by atoms with Gasteiger partial charge >= 0.3 is 0 Å². The fourth-order valence-electron chi connectivity index (χ4n) is 3.76. The quantitative estimate of drug-likeness (QED) is 0.399. The van der Waals surface area contributed by atoms with Crippen LogP contribution in [0.4, 0.5) is 13.2 Å². The van der Waals surface area contributed by atoms with Gasteiger partial charge in [0.2, 0.25) is 5.88 Å². The number of hydrogen-bond donors (Lipinski definition) is 1. The minimum absolute atomic E-state index is 0.0212. The second-order valence-corrected chi connectivity index (χ2v) is 9.20. The highest BCUT2D eigenvalue weighted by Crippen LogP contribution is 2.28. The molecule has 0 aliphatic rings. The number of nitrogens with zero attached hydrogens (tertiary/aromatic N) is 4. The molecule has 0 amide bonds. The number of aromatic nitrogens is 4. The average Bonchev–Trinajstić information content (AvgIpc) is 2.82. The number of rotatable bonds is 6. The molecule has 0 fully saturated rings. The van der Waals surface area contributed by atoms with Crippen molar-refractivity contribution in [2.75, 3.05) is 0 Å². The minimum Gasteiger partial charge on any atom is -0.472 e. The van der Waals surface area contributed by atoms with E-state index in [4.69, 9.17) is 4.74 Å². The zero-order valence-electron chi connectivity index (χ0n) is 20.9. The molecule has 0 aliphatic carbocycles. The summed E-state index contributed by atoms with van der Waals surface area (Å²) < 4.78 is 48.8. The van der Waals surface area contributed by atoms with E-state index < -0.39 is 28.6 Å². The third-order valence-corrected chi connectivity index (χ3v) is 5.83. The Labute approximate surface area is 211 Å². The number of aryl methyl sites for hydroxylation is 2. The predicted molar refractivity (Wildman–Crippen MR) is 131 cm³/mol. The lowest BCUT2D eigenvalue weighted by atomic mass is 10.0. The number of benzene rings is 2. The van der Waals surface area contributed by atoms with Gasteiger partial charge in [0.1, 0.15) is 35.4 Å². The molecule has 192 valence electrons. The van der Waals surface area contributed by atoms with Gasteiger partial charge in [-0.1, -0.05) is 12.1 Å². The largest absolute Gasteiger partial charge is 0.472 e. The maximum atomic E-state index is 14.7. The summed E-state index contributed by atoms with van der Waals surface area (Å²) in [5.74, 6) is -1.79. The van der Waals surface area contributed by atoms with Gasteiger partial charge in [0, 0.05) is 17.2 Å². The summed E-state index contributed by atoms with van der Waals surface area (Å²) in [6.45, 7) is 7.68. The van der Waals surface area contributed by atoms with Crippen molar-refractivity contribution in [2.45, 2.75) is 46.8 Å². The SMILES string of the molecule is Cc1ccc(-c2nc(C(C)(C)O)ncc2F)cc1-n1c(C)nc(OCc2ccc(F)cc2F)c(C)c1=O. The third-order valence-electron chi connectivity index (χ3n) is 5.83. The van der Waals surface area contributed by atoms with Crippen molar-refractivity contribution in [3.8, 4) is 22.8 Å². The van der Waals surface area contributed by atoms with Crippen LogP contribution in [0, 0.1) is 38.2 Å². The Kier molecular flexibility index (Phi) is 6.88. The average molecular weight is 511 g/mol. The summed E-state index contributed by atoms with van der Waals surface area (Å²) in [6.07, 6.45) is 0.994. The first-order valence-electron chi connectivity index (χ1n) is 11.4. The van der Waals surface area contributed by atoms with Crippen LogP contribution in [0.15, 0.2) is 47.4 Å². The first-order chi connectivity index (χ1) is 17.4. The van der Waals surface area contributed by atoms with Gasteiger partial charge in [-0.15, -0.1) is 0 Å². The van der Waals surface area contributed by atoms with Crippen molar-refractivity contribution >= 4 is 0 Å². The topological polar surface area (TPSA) is 90.1 Å². The molecule has 0 bridgehead atoms. The molecule has 2 heterocycles. The maximum Gasteiger partial charge on any atom is 0.264 e. The Bertz CT molecular complexity index is 1560. The fourth-order valence-corrected chi connectivity index (χ4v) is 3.76. The van der Waals surface area contributed by atoms with E-state index in [0.717, 1.165) is 23.9 Å². The minimum atomic E-state index is -1.38. The van der Waals surface area contributed by atoms with E-state index in [-0.39, 0.29) is 41.0 Å². The summed E-state index contributed by atoms with van der Waals surface area (Å²) in [4.78, 5) is 25.8. The normalized spacial score (nSPS) is 11.6. The van der Waals surface area contributed by atoms with E-state index in [1.165, 1.54) is 31.4 Å². The molecule has 2 aromatic carbocycles. The third kappa shape index (κ3) is 5.24. The highest BCUT2D eigenvalue weighted by atomic mass is 19.1. The summed E-state index contributed by atoms with van der Waals surface area (Å²) in [5, 5.41) is 10.3. The van der Waals surface area contributed by atoms with Gasteiger partial charge in [-0.05, 0) is 58.4 Å². The molecule has 0 spiro atoms. The second-order valence-electron chi connectivity index (χ2n) is 9.20. The molecule has 0 aliphatic heterocycles. The highest BCUT2D eigenvalue weighted by Gasteiger charge is 2.23. The molecule has 0 radical (unpaired) electrons. The van der Waals surface area contributed by atoms with Gasteiger partial charge in [-0.25, -0.2) is 23.1 Å². The molecular weight excluding hydrogens is 485 g/mol. The summed E-state index contributed by atoms with van der Waals surface area (Å²) in [5.41, 5.74) is 0.0106. The van der Waals surface area contributed by atoms with Crippen LogP contribution in [0.3, 0.4) is 0 Å². The Morgan fingerprint density at radius 2 is 1.73 bits per heavy atom. The van der Waals surface area contributed by atoms with Crippen molar-refractivity contribution in [1.82, 2.24) is 19.5 Å². The lowest BCUT2D eigenvalue weighted by Gasteiger charge is -2.18. The van der Waals surface area contributed by atoms with Crippen molar-refractivity contribution in [1.29, 1.82) is 0 Å². The van der Waals surface area contributed by atoms with Crippen LogP contribution in [0.2, 0.25) is 0 Å². The van der Waals surface area contributed by atoms with E-state index in [2.05, 4.69) is 15.0 Å². The van der Waals surface area contributed by atoms with Crippen molar-refractivity contribution in [3.05, 3.63) is 98.7 Å². The van der Waals surface area contributed by atoms with E-state index in [1.54, 1.807) is 32.0 Å². The Morgan fingerprint density at radius 3 is 2.41 bits per heavy atom. The van der Waals surface area contributed by atoms with E-state index in [9.17, 15) is 23.1 Å². The lowest BCUT2D eigenvalue weighted by Crippen LogP contribution is -2.26. The van der Waals surface area contributed by atoms with Gasteiger partial charge in [0.25, 0.3) is 5.56 Å². The Balaban J connectivity index is 1.75. The van der Waals surface area contributed by atoms with Gasteiger partial charge in [-0.2, -0.15) is 4.98 Å². The van der Waals surface area contributed by atoms with Gasteiger partial charge < -0.3 is 9.84 Å². The van der Waals surface area contributed by atoms with Crippen LogP contribution in [-0.4, -0.2) is 24.6 Å². The molecule has 0 atom stereocenters. The number of hydrogen-bond acceptors (Lipinski definition) is 6. The van der Waals surface area contributed by atoms with Crippen molar-refractivity contribution in [2.24, 2.45) is 0 Å². The van der Waals surface area contributed by atoms with Gasteiger partial charge in [0.15, 0.2) is 11.6 Å². The van der Waals surface area contributed by atoms with Crippen molar-refractivity contribution in [3.63, 3.8) is 0 Å². The number of ether oxygens (including phenoxy) is 1. The Hall–Kier alpha value is -4.05. The molecule has 0 saturated carbocycles. The number of aliphatic hydroxyl groups is 1. The summed E-state index contributed by atoms with van der Waals surface area (Å²) in [6, 6.07) is 8.12. The van der Waals surface area contributed by atoms with E-state index in [0.29, 0.717) is 11.3 Å². The molecule has 37 heavy (non-hydrogen) atoms. The molecule has 0 saturated heterocycles. The highest BCUT2D eigenvalue weighted by molar-refractivity contribution is 5.64. The van der Waals surface area contributed by atoms with E-state index in [1.807, 2.05) is 0 Å². The van der Waals surface area contributed by atoms with Gasteiger partial charge in [-0.3, -0.25) is 9.36 Å². The molecule has 1 N–H and O–H groups in total. The van der Waals surface area contributed by atoms with Crippen LogP contribution >= 0.6 is 0 Å². The number of halogens is 3. The molecule has 7 nitrogen and oxygen atoms in total. The summed E-state index contributed by atoms with van der Waals surface area (Å²) >= 11 is 0. The molecular formula is C27H25F3N4O3. The molecule has 4 rings (SSSR count). The zero-order chi connectivity index (χ0) is 27.1. The van der Waals surface area contributed by atoms with Crippen LogP contribution in [0.25, 0.3) is 16.9 Å². The maximum absolute atomic E-state index is 14.7. The standard InChI is InChI=1S/C27H25F3N4O3/c1-14-6-7-17(23-21(30)12-31-26(33-23)27(4,5)36)10-22(14)34-16(3)32-24(15(2)25(34)35)37-13-18-8-9-19(28)11-20(18)29/h6-12,36H,13H2,1-5H3.